The summed E-state index contributed by atoms with van der Waals surface area (Å²) in [5.74, 6) is -0.254. The number of nitrogens with one attached hydrogen (secondary N) is 2. The van der Waals surface area contributed by atoms with Crippen LogP contribution in [0.3, 0.4) is 0 Å². The van der Waals surface area contributed by atoms with Crippen molar-refractivity contribution in [2.45, 2.75) is 0 Å². The summed E-state index contributed by atoms with van der Waals surface area (Å²) >= 11 is 5.73. The lowest BCUT2D eigenvalue weighted by Gasteiger charge is -2.19. The fourth-order valence-electron chi connectivity index (χ4n) is 2.22. The van der Waals surface area contributed by atoms with Gasteiger partial charge in [-0.15, -0.1) is 0 Å². The molecule has 2 rings (SSSR count). The van der Waals surface area contributed by atoms with Crippen LogP contribution in [0, 0.1) is 11.7 Å². The molecule has 1 atom stereocenters. The summed E-state index contributed by atoms with van der Waals surface area (Å²) in [5, 5.41) is 5.57. The Hall–Kier alpha value is -1.37. The standard InChI is InChI=1S/C14H19ClFN3O2/c1-19-2-3-21-9-10(8-19)7-17-14(20)18-13-5-11(15)4-12(16)6-13/h4-6,10H,2-3,7-9H2,1H3,(H2,17,18,20)/t10-/m0/s1. The van der Waals surface area contributed by atoms with Gasteiger partial charge in [-0.25, -0.2) is 9.18 Å². The maximum Gasteiger partial charge on any atom is 0.319 e. The zero-order valence-electron chi connectivity index (χ0n) is 11.9. The van der Waals surface area contributed by atoms with Crippen LogP contribution >= 0.6 is 11.6 Å². The Morgan fingerprint density at radius 2 is 2.33 bits per heavy atom. The molecule has 1 saturated heterocycles. The molecular formula is C14H19ClFN3O2. The molecule has 21 heavy (non-hydrogen) atoms. The molecule has 116 valence electrons. The first-order chi connectivity index (χ1) is 10.0. The van der Waals surface area contributed by atoms with Crippen molar-refractivity contribution in [3.8, 4) is 0 Å². The van der Waals surface area contributed by atoms with Crippen LogP contribution in [0.1, 0.15) is 0 Å². The summed E-state index contributed by atoms with van der Waals surface area (Å²) in [6.07, 6.45) is 0. The summed E-state index contributed by atoms with van der Waals surface area (Å²) in [7, 11) is 2.02. The Morgan fingerprint density at radius 1 is 1.52 bits per heavy atom. The highest BCUT2D eigenvalue weighted by Gasteiger charge is 2.16. The van der Waals surface area contributed by atoms with Crippen molar-refractivity contribution in [3.63, 3.8) is 0 Å². The molecule has 0 bridgehead atoms. The number of hydrogen-bond donors (Lipinski definition) is 2. The number of halogens is 2. The van der Waals surface area contributed by atoms with E-state index in [4.69, 9.17) is 16.3 Å². The molecule has 1 aliphatic heterocycles. The summed E-state index contributed by atoms with van der Waals surface area (Å²) in [6.45, 7) is 3.59. The van der Waals surface area contributed by atoms with Crippen LogP contribution in [0.5, 0.6) is 0 Å². The van der Waals surface area contributed by atoms with Gasteiger partial charge in [-0.05, 0) is 25.2 Å². The van der Waals surface area contributed by atoms with E-state index in [2.05, 4.69) is 15.5 Å². The number of hydrogen-bond acceptors (Lipinski definition) is 3. The third-order valence-corrected chi connectivity index (χ3v) is 3.43. The molecule has 0 radical (unpaired) electrons. The van der Waals surface area contributed by atoms with Crippen molar-refractivity contribution < 1.29 is 13.9 Å². The monoisotopic (exact) mass is 315 g/mol. The largest absolute Gasteiger partial charge is 0.380 e. The van der Waals surface area contributed by atoms with Crippen LogP contribution in [0.2, 0.25) is 5.02 Å². The van der Waals surface area contributed by atoms with E-state index in [0.29, 0.717) is 25.4 Å². The van der Waals surface area contributed by atoms with E-state index >= 15 is 0 Å². The van der Waals surface area contributed by atoms with Crippen LogP contribution in [-0.4, -0.2) is 50.8 Å². The lowest BCUT2D eigenvalue weighted by atomic mass is 10.1. The minimum absolute atomic E-state index is 0.236. The third-order valence-electron chi connectivity index (χ3n) is 3.21. The van der Waals surface area contributed by atoms with Crippen molar-refractivity contribution in [2.24, 2.45) is 5.92 Å². The molecule has 2 amide bonds. The highest BCUT2D eigenvalue weighted by molar-refractivity contribution is 6.30. The molecule has 1 fully saturated rings. The Labute approximate surface area is 128 Å². The normalized spacial score (nSPS) is 19.9. The highest BCUT2D eigenvalue weighted by Crippen LogP contribution is 2.17. The molecule has 1 aromatic carbocycles. The van der Waals surface area contributed by atoms with Gasteiger partial charge in [0.05, 0.1) is 13.2 Å². The van der Waals surface area contributed by atoms with E-state index < -0.39 is 5.82 Å². The second-order valence-electron chi connectivity index (χ2n) is 5.20. The Kier molecular flexibility index (Phi) is 5.78. The summed E-state index contributed by atoms with van der Waals surface area (Å²) in [4.78, 5) is 14.0. The zero-order chi connectivity index (χ0) is 15.2. The van der Waals surface area contributed by atoms with Gasteiger partial charge in [-0.1, -0.05) is 11.6 Å². The molecular weight excluding hydrogens is 297 g/mol. The molecule has 5 nitrogen and oxygen atoms in total. The van der Waals surface area contributed by atoms with Crippen LogP contribution < -0.4 is 10.6 Å². The van der Waals surface area contributed by atoms with Gasteiger partial charge < -0.3 is 20.3 Å². The van der Waals surface area contributed by atoms with Crippen LogP contribution in [0.15, 0.2) is 18.2 Å². The van der Waals surface area contributed by atoms with Gasteiger partial charge in [0.1, 0.15) is 5.82 Å². The van der Waals surface area contributed by atoms with Crippen molar-refractivity contribution in [3.05, 3.63) is 29.0 Å². The smallest absolute Gasteiger partial charge is 0.319 e. The number of amides is 2. The van der Waals surface area contributed by atoms with Gasteiger partial charge >= 0.3 is 6.03 Å². The van der Waals surface area contributed by atoms with Gasteiger partial charge in [-0.2, -0.15) is 0 Å². The first kappa shape index (κ1) is 16.0. The zero-order valence-corrected chi connectivity index (χ0v) is 12.6. The summed E-state index contributed by atoms with van der Waals surface area (Å²) < 4.78 is 18.6. The maximum atomic E-state index is 13.2. The van der Waals surface area contributed by atoms with Gasteiger partial charge in [0.15, 0.2) is 0 Å². The number of rotatable bonds is 3. The molecule has 1 heterocycles. The van der Waals surface area contributed by atoms with Crippen molar-refractivity contribution >= 4 is 23.3 Å². The quantitative estimate of drug-likeness (QED) is 0.899. The van der Waals surface area contributed by atoms with Crippen molar-refractivity contribution in [1.82, 2.24) is 10.2 Å². The van der Waals surface area contributed by atoms with Crippen molar-refractivity contribution in [2.75, 3.05) is 45.2 Å². The Balaban J connectivity index is 1.81. The topological polar surface area (TPSA) is 53.6 Å². The predicted octanol–water partition coefficient (Wildman–Crippen LogP) is 2.18. The first-order valence-corrected chi connectivity index (χ1v) is 7.18. The summed E-state index contributed by atoms with van der Waals surface area (Å²) in [6, 6.07) is 3.51. The number of nitrogens with zero attached hydrogens (tertiary/aromatic N) is 1. The average molecular weight is 316 g/mol. The van der Waals surface area contributed by atoms with Crippen molar-refractivity contribution in [1.29, 1.82) is 0 Å². The molecule has 0 aromatic heterocycles. The number of ether oxygens (including phenoxy) is 1. The number of carbonyl (C=O) groups excluding carboxylic acids is 1. The molecule has 1 aromatic rings. The van der Waals surface area contributed by atoms with Gasteiger partial charge in [-0.3, -0.25) is 0 Å². The van der Waals surface area contributed by atoms with E-state index in [0.717, 1.165) is 13.1 Å². The van der Waals surface area contributed by atoms with Crippen LogP contribution in [-0.2, 0) is 4.74 Å². The number of benzene rings is 1. The minimum Gasteiger partial charge on any atom is -0.380 e. The highest BCUT2D eigenvalue weighted by atomic mass is 35.5. The predicted molar refractivity (Wildman–Crippen MR) is 80.2 cm³/mol. The number of anilines is 1. The van der Waals surface area contributed by atoms with E-state index in [1.165, 1.54) is 18.2 Å². The van der Waals surface area contributed by atoms with Crippen LogP contribution in [0.4, 0.5) is 14.9 Å². The lowest BCUT2D eigenvalue weighted by Crippen LogP contribution is -2.37. The second kappa shape index (κ2) is 7.59. The molecule has 0 unspecified atom stereocenters. The maximum absolute atomic E-state index is 13.2. The van der Waals surface area contributed by atoms with Gasteiger partial charge in [0.25, 0.3) is 0 Å². The molecule has 2 N–H and O–H groups in total. The van der Waals surface area contributed by atoms with E-state index in [9.17, 15) is 9.18 Å². The number of carbonyl (C=O) groups is 1. The fourth-order valence-corrected chi connectivity index (χ4v) is 2.44. The van der Waals surface area contributed by atoms with Crippen LogP contribution in [0.25, 0.3) is 0 Å². The fraction of sp³-hybridized carbons (Fsp3) is 0.500. The molecule has 0 spiro atoms. The molecule has 1 aliphatic rings. The number of urea groups is 1. The molecule has 0 aliphatic carbocycles. The van der Waals surface area contributed by atoms with E-state index in [-0.39, 0.29) is 17.0 Å². The SMILES string of the molecule is CN1CCOC[C@@H](CNC(=O)Nc2cc(F)cc(Cl)c2)C1. The van der Waals surface area contributed by atoms with Gasteiger partial charge in [0.2, 0.25) is 0 Å². The Bertz CT molecular complexity index is 481. The lowest BCUT2D eigenvalue weighted by molar-refractivity contribution is 0.122. The second-order valence-corrected chi connectivity index (χ2v) is 5.63. The Morgan fingerprint density at radius 3 is 3.10 bits per heavy atom. The molecule has 7 heteroatoms. The van der Waals surface area contributed by atoms with E-state index in [1.54, 1.807) is 0 Å². The molecule has 0 saturated carbocycles. The minimum atomic E-state index is -0.489. The van der Waals surface area contributed by atoms with E-state index in [1.807, 2.05) is 7.05 Å². The summed E-state index contributed by atoms with van der Waals surface area (Å²) in [5.41, 5.74) is 0.326. The third kappa shape index (κ3) is 5.49. The first-order valence-electron chi connectivity index (χ1n) is 6.80. The number of likely N-dealkylation sites (N-methyl/N-ethyl adjacent to an activating group) is 1. The van der Waals surface area contributed by atoms with Gasteiger partial charge in [0, 0.05) is 36.3 Å². The average Bonchev–Trinajstić information content (AvgIpc) is 2.59.